The Bertz CT molecular complexity index is 875. The molecule has 1 saturated heterocycles. The minimum Gasteiger partial charge on any atom is -0.338 e. The van der Waals surface area contributed by atoms with Crippen LogP contribution in [0.2, 0.25) is 0 Å². The van der Waals surface area contributed by atoms with E-state index in [2.05, 4.69) is 0 Å². The largest absolute Gasteiger partial charge is 0.338 e. The second-order valence-corrected chi connectivity index (χ2v) is 9.12. The highest BCUT2D eigenvalue weighted by Crippen LogP contribution is 2.31. The summed E-state index contributed by atoms with van der Waals surface area (Å²) in [6.45, 7) is 0.409. The van der Waals surface area contributed by atoms with Crippen molar-refractivity contribution in [2.24, 2.45) is 0 Å². The van der Waals surface area contributed by atoms with Gasteiger partial charge in [0.15, 0.2) is 9.84 Å². The average Bonchev–Trinajstić information content (AvgIpc) is 3.05. The van der Waals surface area contributed by atoms with Crippen molar-refractivity contribution in [1.82, 2.24) is 4.90 Å². The Hall–Kier alpha value is -1.99. The van der Waals surface area contributed by atoms with E-state index in [1.165, 1.54) is 40.5 Å². The van der Waals surface area contributed by atoms with Crippen molar-refractivity contribution < 1.29 is 17.6 Å². The molecule has 1 aromatic heterocycles. The van der Waals surface area contributed by atoms with Gasteiger partial charge in [-0.25, -0.2) is 12.8 Å². The fourth-order valence-electron chi connectivity index (χ4n) is 2.89. The van der Waals surface area contributed by atoms with Gasteiger partial charge in [0.1, 0.15) is 5.82 Å². The minimum absolute atomic E-state index is 0.126. The van der Waals surface area contributed by atoms with E-state index in [0.29, 0.717) is 0 Å². The number of sulfone groups is 1. The third-order valence-electron chi connectivity index (χ3n) is 4.24. The zero-order chi connectivity index (χ0) is 17.9. The molecule has 0 bridgehead atoms. The highest BCUT2D eigenvalue weighted by molar-refractivity contribution is 7.91. The number of carbonyl (C=O) groups excluding carboxylic acids is 1. The van der Waals surface area contributed by atoms with E-state index in [1.807, 2.05) is 17.5 Å². The Labute approximate surface area is 150 Å². The van der Waals surface area contributed by atoms with E-state index >= 15 is 0 Å². The number of hydrogen-bond donors (Lipinski definition) is 0. The zero-order valence-electron chi connectivity index (χ0n) is 13.5. The SMILES string of the molecule is O=C(/C=C/c1cccs1)N1CCC(c2ccccc2F)S(=O)(=O)CC1. The summed E-state index contributed by atoms with van der Waals surface area (Å²) >= 11 is 1.52. The summed E-state index contributed by atoms with van der Waals surface area (Å²) in [6, 6.07) is 9.73. The summed E-state index contributed by atoms with van der Waals surface area (Å²) in [5, 5.41) is 1.01. The lowest BCUT2D eigenvalue weighted by molar-refractivity contribution is -0.125. The van der Waals surface area contributed by atoms with Crippen LogP contribution in [-0.2, 0) is 14.6 Å². The van der Waals surface area contributed by atoms with E-state index in [1.54, 1.807) is 12.1 Å². The third kappa shape index (κ3) is 4.16. The van der Waals surface area contributed by atoms with E-state index in [4.69, 9.17) is 0 Å². The smallest absolute Gasteiger partial charge is 0.246 e. The van der Waals surface area contributed by atoms with Crippen LogP contribution in [0.3, 0.4) is 0 Å². The number of rotatable bonds is 3. The van der Waals surface area contributed by atoms with Gasteiger partial charge in [0.25, 0.3) is 0 Å². The van der Waals surface area contributed by atoms with Crippen LogP contribution < -0.4 is 0 Å². The minimum atomic E-state index is -3.52. The van der Waals surface area contributed by atoms with Gasteiger partial charge in [0.2, 0.25) is 5.91 Å². The summed E-state index contributed by atoms with van der Waals surface area (Å²) < 4.78 is 39.1. The predicted octanol–water partition coefficient (Wildman–Crippen LogP) is 3.29. The summed E-state index contributed by atoms with van der Waals surface area (Å²) in [6.07, 6.45) is 3.38. The number of carbonyl (C=O) groups is 1. The van der Waals surface area contributed by atoms with Crippen LogP contribution in [0.15, 0.2) is 47.9 Å². The molecule has 132 valence electrons. The summed E-state index contributed by atoms with van der Waals surface area (Å²) in [5.74, 6) is -0.906. The molecule has 0 radical (unpaired) electrons. The highest BCUT2D eigenvalue weighted by Gasteiger charge is 2.33. The Morgan fingerprint density at radius 3 is 2.72 bits per heavy atom. The molecule has 0 saturated carbocycles. The molecule has 7 heteroatoms. The molecule has 1 amide bonds. The Morgan fingerprint density at radius 2 is 2.00 bits per heavy atom. The van der Waals surface area contributed by atoms with Gasteiger partial charge in [-0.3, -0.25) is 4.79 Å². The van der Waals surface area contributed by atoms with Crippen LogP contribution >= 0.6 is 11.3 Å². The van der Waals surface area contributed by atoms with Crippen LogP contribution in [-0.4, -0.2) is 38.1 Å². The lowest BCUT2D eigenvalue weighted by Gasteiger charge is -2.18. The molecule has 2 heterocycles. The maximum absolute atomic E-state index is 14.0. The summed E-state index contributed by atoms with van der Waals surface area (Å²) in [4.78, 5) is 14.8. The van der Waals surface area contributed by atoms with Gasteiger partial charge in [-0.15, -0.1) is 11.3 Å². The molecule has 1 aliphatic heterocycles. The van der Waals surface area contributed by atoms with Crippen LogP contribution in [0.25, 0.3) is 6.08 Å². The molecule has 1 atom stereocenters. The van der Waals surface area contributed by atoms with Crippen molar-refractivity contribution in [3.05, 3.63) is 64.1 Å². The molecule has 1 unspecified atom stereocenters. The van der Waals surface area contributed by atoms with Crippen molar-refractivity contribution in [3.63, 3.8) is 0 Å². The number of amides is 1. The molecule has 1 fully saturated rings. The normalized spacial score (nSPS) is 20.5. The van der Waals surface area contributed by atoms with Crippen LogP contribution in [0.5, 0.6) is 0 Å². The number of benzene rings is 1. The van der Waals surface area contributed by atoms with Crippen LogP contribution in [0.4, 0.5) is 4.39 Å². The first-order valence-electron chi connectivity index (χ1n) is 7.94. The summed E-state index contributed by atoms with van der Waals surface area (Å²) in [7, 11) is -3.52. The van der Waals surface area contributed by atoms with Crippen molar-refractivity contribution in [1.29, 1.82) is 0 Å². The first kappa shape index (κ1) is 17.8. The standard InChI is InChI=1S/C18H18FNO3S2/c19-16-6-2-1-5-15(16)17-9-10-20(11-13-25(17,22)23)18(21)8-7-14-4-3-12-24-14/h1-8,12,17H,9-11,13H2/b8-7+. The molecule has 0 aliphatic carbocycles. The lowest BCUT2D eigenvalue weighted by atomic mass is 10.1. The number of nitrogens with zero attached hydrogens (tertiary/aromatic N) is 1. The first-order valence-corrected chi connectivity index (χ1v) is 10.5. The fraction of sp³-hybridized carbons (Fsp3) is 0.278. The van der Waals surface area contributed by atoms with Gasteiger partial charge in [-0.05, 0) is 30.0 Å². The van der Waals surface area contributed by atoms with Crippen molar-refractivity contribution in [3.8, 4) is 0 Å². The monoisotopic (exact) mass is 379 g/mol. The van der Waals surface area contributed by atoms with Crippen molar-refractivity contribution in [2.75, 3.05) is 18.8 Å². The molecule has 3 rings (SSSR count). The zero-order valence-corrected chi connectivity index (χ0v) is 15.1. The number of halogens is 1. The highest BCUT2D eigenvalue weighted by atomic mass is 32.2. The molecule has 0 N–H and O–H groups in total. The van der Waals surface area contributed by atoms with Gasteiger partial charge in [0.05, 0.1) is 11.0 Å². The van der Waals surface area contributed by atoms with Crippen LogP contribution in [0.1, 0.15) is 22.1 Å². The molecule has 1 aromatic carbocycles. The molecule has 4 nitrogen and oxygen atoms in total. The summed E-state index contributed by atoms with van der Waals surface area (Å²) in [5.41, 5.74) is 0.186. The van der Waals surface area contributed by atoms with Gasteiger partial charge in [-0.1, -0.05) is 24.3 Å². The maximum Gasteiger partial charge on any atom is 0.246 e. The quantitative estimate of drug-likeness (QED) is 0.769. The van der Waals surface area contributed by atoms with E-state index in [0.717, 1.165) is 4.88 Å². The van der Waals surface area contributed by atoms with Crippen molar-refractivity contribution >= 4 is 33.2 Å². The molecule has 2 aromatic rings. The maximum atomic E-state index is 14.0. The Morgan fingerprint density at radius 1 is 1.20 bits per heavy atom. The van der Waals surface area contributed by atoms with Gasteiger partial charge >= 0.3 is 0 Å². The third-order valence-corrected chi connectivity index (χ3v) is 7.18. The molecular weight excluding hydrogens is 361 g/mol. The van der Waals surface area contributed by atoms with Gasteiger partial charge < -0.3 is 4.90 Å². The Balaban J connectivity index is 1.76. The predicted molar refractivity (Wildman–Crippen MR) is 97.5 cm³/mol. The second kappa shape index (κ2) is 7.49. The number of thiophene rings is 1. The van der Waals surface area contributed by atoms with Gasteiger partial charge in [0, 0.05) is 29.6 Å². The average molecular weight is 379 g/mol. The molecule has 0 spiro atoms. The molecule has 25 heavy (non-hydrogen) atoms. The Kier molecular flexibility index (Phi) is 5.34. The van der Waals surface area contributed by atoms with Crippen LogP contribution in [0, 0.1) is 5.82 Å². The first-order chi connectivity index (χ1) is 12.0. The lowest BCUT2D eigenvalue weighted by Crippen LogP contribution is -2.32. The second-order valence-electron chi connectivity index (χ2n) is 5.84. The van der Waals surface area contributed by atoms with E-state index in [9.17, 15) is 17.6 Å². The van der Waals surface area contributed by atoms with E-state index in [-0.39, 0.29) is 36.7 Å². The van der Waals surface area contributed by atoms with Crippen molar-refractivity contribution in [2.45, 2.75) is 11.7 Å². The number of hydrogen-bond acceptors (Lipinski definition) is 4. The molecule has 1 aliphatic rings. The topological polar surface area (TPSA) is 54.5 Å². The fourth-order valence-corrected chi connectivity index (χ4v) is 5.31. The van der Waals surface area contributed by atoms with Gasteiger partial charge in [-0.2, -0.15) is 0 Å². The molecular formula is C18H18FNO3S2. The van der Waals surface area contributed by atoms with E-state index < -0.39 is 20.9 Å².